The predicted octanol–water partition coefficient (Wildman–Crippen LogP) is 2.96. The van der Waals surface area contributed by atoms with Gasteiger partial charge in [-0.05, 0) is 42.7 Å². The first-order chi connectivity index (χ1) is 14.4. The molecule has 2 heterocycles. The molecule has 0 aliphatic rings. The molecule has 158 valence electrons. The average molecular weight is 428 g/mol. The fourth-order valence-corrected chi connectivity index (χ4v) is 4.35. The Hall–Kier alpha value is -2.87. The van der Waals surface area contributed by atoms with Gasteiger partial charge in [-0.3, -0.25) is 18.7 Å². The standard InChI is InChI=1S/C22H25N3O4S/c1-5-6-7-15-12-23-20-18(21(27)25(3)22(28)24(20)2)19(15)30-13-17(26)14-8-10-16(29-4)11-9-14/h8-12H,5-7,13H2,1-4H3. The van der Waals surface area contributed by atoms with Crippen LogP contribution in [0.3, 0.4) is 0 Å². The van der Waals surface area contributed by atoms with E-state index in [2.05, 4.69) is 11.9 Å². The number of ketones is 1. The molecule has 7 nitrogen and oxygen atoms in total. The largest absolute Gasteiger partial charge is 0.497 e. The van der Waals surface area contributed by atoms with E-state index in [9.17, 15) is 14.4 Å². The molecular weight excluding hydrogens is 402 g/mol. The summed E-state index contributed by atoms with van der Waals surface area (Å²) in [5.74, 6) is 0.817. The minimum atomic E-state index is -0.424. The van der Waals surface area contributed by atoms with Gasteiger partial charge in [0.05, 0.1) is 18.2 Å². The first-order valence-corrected chi connectivity index (χ1v) is 10.7. The van der Waals surface area contributed by atoms with Crippen molar-refractivity contribution < 1.29 is 9.53 Å². The number of ether oxygens (including phenoxy) is 1. The third-order valence-corrected chi connectivity index (χ3v) is 6.22. The molecule has 2 aromatic heterocycles. The molecule has 0 spiro atoms. The summed E-state index contributed by atoms with van der Waals surface area (Å²) in [5, 5.41) is 0.390. The number of thioether (sulfide) groups is 1. The molecule has 30 heavy (non-hydrogen) atoms. The van der Waals surface area contributed by atoms with Crippen LogP contribution in [0.2, 0.25) is 0 Å². The minimum absolute atomic E-state index is 0.0456. The SMILES string of the molecule is CCCCc1cnc2c(c1SCC(=O)c1ccc(OC)cc1)c(=O)n(C)c(=O)n2C. The summed E-state index contributed by atoms with van der Waals surface area (Å²) in [4.78, 5) is 43.1. The summed E-state index contributed by atoms with van der Waals surface area (Å²) >= 11 is 1.33. The van der Waals surface area contributed by atoms with Crippen LogP contribution in [0.1, 0.15) is 35.7 Å². The lowest BCUT2D eigenvalue weighted by Gasteiger charge is -2.14. The zero-order chi connectivity index (χ0) is 21.8. The number of carbonyl (C=O) groups excluding carboxylic acids is 1. The van der Waals surface area contributed by atoms with Crippen molar-refractivity contribution >= 4 is 28.6 Å². The Morgan fingerprint density at radius 2 is 1.83 bits per heavy atom. The summed E-state index contributed by atoms with van der Waals surface area (Å²) < 4.78 is 7.59. The van der Waals surface area contributed by atoms with Crippen LogP contribution in [0, 0.1) is 0 Å². The van der Waals surface area contributed by atoms with Crippen molar-refractivity contribution in [2.45, 2.75) is 31.1 Å². The summed E-state index contributed by atoms with van der Waals surface area (Å²) in [5.41, 5.74) is 1.03. The van der Waals surface area contributed by atoms with E-state index in [4.69, 9.17) is 4.74 Å². The van der Waals surface area contributed by atoms with Crippen molar-refractivity contribution in [3.8, 4) is 5.75 Å². The number of Topliss-reactive ketones (excluding diaryl/α,β-unsaturated/α-hetero) is 1. The van der Waals surface area contributed by atoms with Gasteiger partial charge in [-0.1, -0.05) is 13.3 Å². The quantitative estimate of drug-likeness (QED) is 0.406. The van der Waals surface area contributed by atoms with Crippen LogP contribution >= 0.6 is 11.8 Å². The van der Waals surface area contributed by atoms with Crippen LogP contribution in [0.5, 0.6) is 5.75 Å². The van der Waals surface area contributed by atoms with E-state index in [-0.39, 0.29) is 11.5 Å². The molecule has 0 bridgehead atoms. The Balaban J connectivity index is 2.04. The molecule has 3 rings (SSSR count). The molecule has 0 saturated heterocycles. The number of benzene rings is 1. The third kappa shape index (κ3) is 4.18. The Kier molecular flexibility index (Phi) is 6.77. The lowest BCUT2D eigenvalue weighted by Crippen LogP contribution is -2.37. The Morgan fingerprint density at radius 1 is 1.13 bits per heavy atom. The van der Waals surface area contributed by atoms with Crippen molar-refractivity contribution in [3.05, 3.63) is 62.4 Å². The number of unbranched alkanes of at least 4 members (excludes halogenated alkanes) is 1. The fourth-order valence-electron chi connectivity index (χ4n) is 3.25. The van der Waals surface area contributed by atoms with E-state index < -0.39 is 11.2 Å². The first kappa shape index (κ1) is 21.8. The second-order valence-corrected chi connectivity index (χ2v) is 8.05. The van der Waals surface area contributed by atoms with Gasteiger partial charge < -0.3 is 4.74 Å². The maximum Gasteiger partial charge on any atom is 0.332 e. The molecule has 0 amide bonds. The van der Waals surface area contributed by atoms with Gasteiger partial charge in [-0.25, -0.2) is 9.78 Å². The van der Waals surface area contributed by atoms with Gasteiger partial charge in [0.15, 0.2) is 5.78 Å². The number of fused-ring (bicyclic) bond motifs is 1. The van der Waals surface area contributed by atoms with Crippen LogP contribution in [-0.4, -0.2) is 32.8 Å². The van der Waals surface area contributed by atoms with E-state index in [0.29, 0.717) is 22.3 Å². The highest BCUT2D eigenvalue weighted by atomic mass is 32.2. The van der Waals surface area contributed by atoms with E-state index in [0.717, 1.165) is 34.3 Å². The summed E-state index contributed by atoms with van der Waals surface area (Å²) in [6, 6.07) is 6.95. The Morgan fingerprint density at radius 3 is 2.47 bits per heavy atom. The number of hydrogen-bond acceptors (Lipinski definition) is 6. The Bertz CT molecular complexity index is 1200. The molecule has 0 fully saturated rings. The maximum atomic E-state index is 12.9. The van der Waals surface area contributed by atoms with Crippen LogP contribution in [0.15, 0.2) is 44.9 Å². The number of carbonyl (C=O) groups is 1. The van der Waals surface area contributed by atoms with Crippen LogP contribution in [0.4, 0.5) is 0 Å². The highest BCUT2D eigenvalue weighted by molar-refractivity contribution is 8.00. The first-order valence-electron chi connectivity index (χ1n) is 9.76. The van der Waals surface area contributed by atoms with E-state index in [1.54, 1.807) is 44.6 Å². The van der Waals surface area contributed by atoms with Gasteiger partial charge in [-0.2, -0.15) is 0 Å². The van der Waals surface area contributed by atoms with Gasteiger partial charge in [0.1, 0.15) is 11.4 Å². The number of hydrogen-bond donors (Lipinski definition) is 0. The summed E-state index contributed by atoms with van der Waals surface area (Å²) in [7, 11) is 4.63. The Labute approximate surface area is 178 Å². The van der Waals surface area contributed by atoms with Gasteiger partial charge in [0.25, 0.3) is 5.56 Å². The number of rotatable bonds is 8. The van der Waals surface area contributed by atoms with E-state index in [1.165, 1.54) is 23.4 Å². The third-order valence-electron chi connectivity index (χ3n) is 5.05. The molecule has 3 aromatic rings. The average Bonchev–Trinajstić information content (AvgIpc) is 2.78. The van der Waals surface area contributed by atoms with Crippen LogP contribution < -0.4 is 16.0 Å². The maximum absolute atomic E-state index is 12.9. The molecule has 0 unspecified atom stereocenters. The summed E-state index contributed by atoms with van der Waals surface area (Å²) in [6.45, 7) is 2.09. The highest BCUT2D eigenvalue weighted by Crippen LogP contribution is 2.30. The molecule has 0 radical (unpaired) electrons. The fraction of sp³-hybridized carbons (Fsp3) is 0.364. The van der Waals surface area contributed by atoms with Crippen molar-refractivity contribution in [2.75, 3.05) is 12.9 Å². The van der Waals surface area contributed by atoms with Crippen LogP contribution in [0.25, 0.3) is 11.0 Å². The lowest BCUT2D eigenvalue weighted by molar-refractivity contribution is 0.102. The number of pyridine rings is 1. The van der Waals surface area contributed by atoms with Crippen molar-refractivity contribution in [1.29, 1.82) is 0 Å². The predicted molar refractivity (Wildman–Crippen MR) is 119 cm³/mol. The zero-order valence-corrected chi connectivity index (χ0v) is 18.4. The number of aryl methyl sites for hydroxylation is 2. The molecule has 0 atom stereocenters. The monoisotopic (exact) mass is 427 g/mol. The lowest BCUT2D eigenvalue weighted by atomic mass is 10.1. The number of aromatic nitrogens is 3. The van der Waals surface area contributed by atoms with Gasteiger partial charge >= 0.3 is 5.69 Å². The van der Waals surface area contributed by atoms with Crippen molar-refractivity contribution in [3.63, 3.8) is 0 Å². The van der Waals surface area contributed by atoms with E-state index in [1.807, 2.05) is 0 Å². The van der Waals surface area contributed by atoms with Gasteiger partial charge in [0.2, 0.25) is 0 Å². The van der Waals surface area contributed by atoms with Crippen LogP contribution in [-0.2, 0) is 20.5 Å². The molecule has 0 aliphatic carbocycles. The second-order valence-electron chi connectivity index (χ2n) is 7.06. The molecule has 8 heteroatoms. The molecule has 1 aromatic carbocycles. The zero-order valence-electron chi connectivity index (χ0n) is 17.6. The summed E-state index contributed by atoms with van der Waals surface area (Å²) in [6.07, 6.45) is 4.42. The smallest absolute Gasteiger partial charge is 0.332 e. The van der Waals surface area contributed by atoms with E-state index >= 15 is 0 Å². The minimum Gasteiger partial charge on any atom is -0.497 e. The topological polar surface area (TPSA) is 83.2 Å². The number of nitrogens with zero attached hydrogens (tertiary/aromatic N) is 3. The molecule has 0 saturated carbocycles. The molecular formula is C22H25N3O4S. The number of methoxy groups -OCH3 is 1. The van der Waals surface area contributed by atoms with Gasteiger partial charge in [-0.15, -0.1) is 11.8 Å². The second kappa shape index (κ2) is 9.30. The highest BCUT2D eigenvalue weighted by Gasteiger charge is 2.19. The molecule has 0 N–H and O–H groups in total. The normalized spacial score (nSPS) is 11.1. The van der Waals surface area contributed by atoms with Crippen molar-refractivity contribution in [1.82, 2.24) is 14.1 Å². The van der Waals surface area contributed by atoms with Gasteiger partial charge in [0, 0.05) is 30.8 Å². The molecule has 0 aliphatic heterocycles. The van der Waals surface area contributed by atoms with Crippen molar-refractivity contribution in [2.24, 2.45) is 14.1 Å².